The topological polar surface area (TPSA) is 48.5 Å². The smallest absolute Gasteiger partial charge is 0.269 e. The second-order valence-corrected chi connectivity index (χ2v) is 5.99. The maximum absolute atomic E-state index is 11.9. The Hall–Kier alpha value is -2.40. The van der Waals surface area contributed by atoms with E-state index in [0.29, 0.717) is 12.2 Å². The van der Waals surface area contributed by atoms with Crippen LogP contribution in [0.4, 0.5) is 5.69 Å². The number of carbonyl (C=O) groups excluding carboxylic acids is 1. The van der Waals surface area contributed by atoms with Gasteiger partial charge in [-0.2, -0.15) is 0 Å². The highest BCUT2D eigenvalue weighted by Crippen LogP contribution is 2.15. The summed E-state index contributed by atoms with van der Waals surface area (Å²) in [5.41, 5.74) is 1.79. The van der Waals surface area contributed by atoms with E-state index in [2.05, 4.69) is 50.4 Å². The van der Waals surface area contributed by atoms with E-state index in [1.54, 1.807) is 12.3 Å². The zero-order valence-corrected chi connectivity index (χ0v) is 13.9. The molecule has 126 valence electrons. The molecule has 2 heterocycles. The quantitative estimate of drug-likeness (QED) is 0.826. The molecule has 1 N–H and O–H groups in total. The molecule has 0 bridgehead atoms. The molecule has 0 spiro atoms. The third-order valence-corrected chi connectivity index (χ3v) is 4.33. The third-order valence-electron chi connectivity index (χ3n) is 4.33. The van der Waals surface area contributed by atoms with Gasteiger partial charge in [-0.15, -0.1) is 0 Å². The van der Waals surface area contributed by atoms with Gasteiger partial charge < -0.3 is 10.2 Å². The lowest BCUT2D eigenvalue weighted by Gasteiger charge is -2.36. The van der Waals surface area contributed by atoms with Gasteiger partial charge >= 0.3 is 0 Å². The maximum Gasteiger partial charge on any atom is 0.269 e. The summed E-state index contributed by atoms with van der Waals surface area (Å²) < 4.78 is 0. The number of piperazine rings is 1. The fourth-order valence-electron chi connectivity index (χ4n) is 2.96. The van der Waals surface area contributed by atoms with Crippen molar-refractivity contribution in [1.29, 1.82) is 0 Å². The van der Waals surface area contributed by atoms with Crippen LogP contribution in [-0.4, -0.2) is 55.1 Å². The van der Waals surface area contributed by atoms with Gasteiger partial charge in [-0.1, -0.05) is 24.3 Å². The maximum atomic E-state index is 11.9. The number of aromatic nitrogens is 1. The van der Waals surface area contributed by atoms with Crippen LogP contribution < -0.4 is 10.2 Å². The van der Waals surface area contributed by atoms with Crippen molar-refractivity contribution in [3.63, 3.8) is 0 Å². The molecule has 1 saturated heterocycles. The van der Waals surface area contributed by atoms with Crippen LogP contribution in [0.15, 0.2) is 54.7 Å². The van der Waals surface area contributed by atoms with Gasteiger partial charge in [0.15, 0.2) is 0 Å². The molecule has 0 unspecified atom stereocenters. The lowest BCUT2D eigenvalue weighted by atomic mass is 10.2. The third kappa shape index (κ3) is 4.55. The highest BCUT2D eigenvalue weighted by Gasteiger charge is 2.16. The Balaban J connectivity index is 1.33. The van der Waals surface area contributed by atoms with Gasteiger partial charge in [0.2, 0.25) is 0 Å². The van der Waals surface area contributed by atoms with E-state index in [1.165, 1.54) is 5.69 Å². The Morgan fingerprint density at radius 2 is 1.75 bits per heavy atom. The zero-order valence-electron chi connectivity index (χ0n) is 13.9. The van der Waals surface area contributed by atoms with Gasteiger partial charge in [0.05, 0.1) is 0 Å². The summed E-state index contributed by atoms with van der Waals surface area (Å²) in [6.07, 6.45) is 2.60. The predicted molar refractivity (Wildman–Crippen MR) is 96.3 cm³/mol. The van der Waals surface area contributed by atoms with Crippen molar-refractivity contribution in [2.45, 2.75) is 6.42 Å². The van der Waals surface area contributed by atoms with E-state index >= 15 is 0 Å². The van der Waals surface area contributed by atoms with Gasteiger partial charge in [-0.05, 0) is 37.2 Å². The van der Waals surface area contributed by atoms with Gasteiger partial charge in [0.25, 0.3) is 5.91 Å². The summed E-state index contributed by atoms with van der Waals surface area (Å²) in [7, 11) is 0. The molecule has 2 aromatic rings. The fourth-order valence-corrected chi connectivity index (χ4v) is 2.96. The molecule has 24 heavy (non-hydrogen) atoms. The molecule has 1 aromatic heterocycles. The second-order valence-electron chi connectivity index (χ2n) is 5.99. The number of carbonyl (C=O) groups is 1. The molecule has 3 rings (SSSR count). The van der Waals surface area contributed by atoms with Gasteiger partial charge in [-0.3, -0.25) is 14.7 Å². The molecule has 1 aliphatic heterocycles. The van der Waals surface area contributed by atoms with Gasteiger partial charge in [-0.25, -0.2) is 0 Å². The molecule has 1 aromatic carbocycles. The van der Waals surface area contributed by atoms with Crippen molar-refractivity contribution < 1.29 is 4.79 Å². The van der Waals surface area contributed by atoms with Crippen LogP contribution in [-0.2, 0) is 0 Å². The van der Waals surface area contributed by atoms with Crippen molar-refractivity contribution in [3.8, 4) is 0 Å². The Morgan fingerprint density at radius 1 is 1.00 bits per heavy atom. The minimum absolute atomic E-state index is 0.0931. The van der Waals surface area contributed by atoms with Crippen LogP contribution in [0.2, 0.25) is 0 Å². The SMILES string of the molecule is O=C(NCCCN1CCN(c2ccccc2)CC1)c1ccccn1. The van der Waals surface area contributed by atoms with Crippen molar-refractivity contribution in [3.05, 3.63) is 60.4 Å². The zero-order chi connectivity index (χ0) is 16.6. The molecule has 1 amide bonds. The number of rotatable bonds is 6. The Labute approximate surface area is 143 Å². The molecule has 0 atom stereocenters. The van der Waals surface area contributed by atoms with E-state index in [4.69, 9.17) is 0 Å². The van der Waals surface area contributed by atoms with Crippen LogP contribution in [0.3, 0.4) is 0 Å². The van der Waals surface area contributed by atoms with Gasteiger partial charge in [0, 0.05) is 44.6 Å². The second kappa shape index (κ2) is 8.45. The average molecular weight is 324 g/mol. The van der Waals surface area contributed by atoms with E-state index in [1.807, 2.05) is 12.1 Å². The average Bonchev–Trinajstić information content (AvgIpc) is 2.67. The number of benzene rings is 1. The molecule has 5 nitrogen and oxygen atoms in total. The molecule has 1 fully saturated rings. The number of anilines is 1. The highest BCUT2D eigenvalue weighted by molar-refractivity contribution is 5.92. The standard InChI is InChI=1S/C19H24N4O/c24-19(18-9-4-5-10-20-18)21-11-6-12-22-13-15-23(16-14-22)17-7-2-1-3-8-17/h1-5,7-10H,6,11-16H2,(H,21,24). The number of nitrogens with zero attached hydrogens (tertiary/aromatic N) is 3. The minimum atomic E-state index is -0.0931. The molecule has 0 aliphatic carbocycles. The number of hydrogen-bond acceptors (Lipinski definition) is 4. The minimum Gasteiger partial charge on any atom is -0.369 e. The molecule has 0 saturated carbocycles. The Morgan fingerprint density at radius 3 is 2.46 bits per heavy atom. The van der Waals surface area contributed by atoms with E-state index in [9.17, 15) is 4.79 Å². The van der Waals surface area contributed by atoms with Gasteiger partial charge in [0.1, 0.15) is 5.69 Å². The highest BCUT2D eigenvalue weighted by atomic mass is 16.1. The number of pyridine rings is 1. The molecular formula is C19H24N4O. The summed E-state index contributed by atoms with van der Waals surface area (Å²) in [6, 6.07) is 15.9. The van der Waals surface area contributed by atoms with Crippen LogP contribution >= 0.6 is 0 Å². The largest absolute Gasteiger partial charge is 0.369 e. The molecular weight excluding hydrogens is 300 g/mol. The number of para-hydroxylation sites is 1. The number of amides is 1. The monoisotopic (exact) mass is 324 g/mol. The lowest BCUT2D eigenvalue weighted by molar-refractivity contribution is 0.0946. The fraction of sp³-hybridized carbons (Fsp3) is 0.368. The number of hydrogen-bond donors (Lipinski definition) is 1. The summed E-state index contributed by atoms with van der Waals surface area (Å²) in [4.78, 5) is 20.9. The summed E-state index contributed by atoms with van der Waals surface area (Å²) in [5.74, 6) is -0.0931. The predicted octanol–water partition coefficient (Wildman–Crippen LogP) is 2.02. The first kappa shape index (κ1) is 16.5. The van der Waals surface area contributed by atoms with Crippen LogP contribution in [0.25, 0.3) is 0 Å². The van der Waals surface area contributed by atoms with Crippen molar-refractivity contribution in [1.82, 2.24) is 15.2 Å². The lowest BCUT2D eigenvalue weighted by Crippen LogP contribution is -2.47. The molecule has 5 heteroatoms. The normalized spacial score (nSPS) is 15.2. The molecule has 1 aliphatic rings. The first-order valence-electron chi connectivity index (χ1n) is 8.54. The summed E-state index contributed by atoms with van der Waals surface area (Å²) in [5, 5.41) is 2.93. The van der Waals surface area contributed by atoms with Crippen molar-refractivity contribution in [2.75, 3.05) is 44.2 Å². The molecule has 0 radical (unpaired) electrons. The van der Waals surface area contributed by atoms with E-state index in [0.717, 1.165) is 39.1 Å². The van der Waals surface area contributed by atoms with Crippen LogP contribution in [0, 0.1) is 0 Å². The first-order chi connectivity index (χ1) is 11.8. The summed E-state index contributed by atoms with van der Waals surface area (Å²) in [6.45, 7) is 5.97. The number of nitrogens with one attached hydrogen (secondary N) is 1. The first-order valence-corrected chi connectivity index (χ1v) is 8.54. The Bertz CT molecular complexity index is 624. The van der Waals surface area contributed by atoms with Crippen molar-refractivity contribution >= 4 is 11.6 Å². The van der Waals surface area contributed by atoms with E-state index < -0.39 is 0 Å². The Kier molecular flexibility index (Phi) is 5.80. The van der Waals surface area contributed by atoms with E-state index in [-0.39, 0.29) is 5.91 Å². The van der Waals surface area contributed by atoms with Crippen LogP contribution in [0.1, 0.15) is 16.9 Å². The summed E-state index contributed by atoms with van der Waals surface area (Å²) >= 11 is 0. The van der Waals surface area contributed by atoms with Crippen molar-refractivity contribution in [2.24, 2.45) is 0 Å². The van der Waals surface area contributed by atoms with Crippen LogP contribution in [0.5, 0.6) is 0 Å².